The van der Waals surface area contributed by atoms with Gasteiger partial charge < -0.3 is 10.1 Å². The van der Waals surface area contributed by atoms with E-state index in [0.29, 0.717) is 51.4 Å². The molecule has 3 heterocycles. The van der Waals surface area contributed by atoms with Crippen LogP contribution in [-0.2, 0) is 4.79 Å². The molecule has 0 saturated heterocycles. The minimum Gasteiger partial charge on any atom is -0.495 e. The van der Waals surface area contributed by atoms with Gasteiger partial charge in [-0.05, 0) is 42.5 Å². The molecule has 10 heteroatoms. The van der Waals surface area contributed by atoms with Crippen LogP contribution < -0.4 is 10.1 Å². The third-order valence-corrected chi connectivity index (χ3v) is 5.77. The van der Waals surface area contributed by atoms with Gasteiger partial charge in [-0.3, -0.25) is 19.6 Å². The summed E-state index contributed by atoms with van der Waals surface area (Å²) in [6, 6.07) is 15.9. The lowest BCUT2D eigenvalue weighted by Crippen LogP contribution is -2.12. The van der Waals surface area contributed by atoms with Crippen LogP contribution in [0, 0.1) is 0 Å². The zero-order valence-corrected chi connectivity index (χ0v) is 20.0. The van der Waals surface area contributed by atoms with Gasteiger partial charge in [-0.15, -0.1) is 10.2 Å². The number of amides is 1. The summed E-state index contributed by atoms with van der Waals surface area (Å²) in [6.07, 6.45) is 3.66. The van der Waals surface area contributed by atoms with Crippen molar-refractivity contribution in [3.8, 4) is 28.5 Å². The average Bonchev–Trinajstić information content (AvgIpc) is 2.92. The maximum atomic E-state index is 12.9. The highest BCUT2D eigenvalue weighted by Gasteiger charge is 2.17. The molecule has 9 nitrogen and oxygen atoms in total. The predicted octanol–water partition coefficient (Wildman–Crippen LogP) is 4.33. The normalized spacial score (nSPS) is 10.6. The number of anilines is 1. The fourth-order valence-corrected chi connectivity index (χ4v) is 3.84. The first-order valence-electron chi connectivity index (χ1n) is 10.8. The van der Waals surface area contributed by atoms with Gasteiger partial charge in [0.15, 0.2) is 5.78 Å². The Labute approximate surface area is 206 Å². The van der Waals surface area contributed by atoms with Gasteiger partial charge in [0.05, 0.1) is 29.9 Å². The molecule has 1 N–H and O–H groups in total. The zero-order valence-electron chi connectivity index (χ0n) is 19.1. The Morgan fingerprint density at radius 2 is 1.66 bits per heavy atom. The van der Waals surface area contributed by atoms with Gasteiger partial charge in [0.25, 0.3) is 0 Å². The molecular formula is C25H22N6O3S. The summed E-state index contributed by atoms with van der Waals surface area (Å²) in [7, 11) is 1.51. The standard InChI is InChI=1S/C25H22N6O3S/c1-3-22(33)28-19-14-16(10-11-21(19)34-2)20(32)15-35-25-29-23(17-8-4-6-12-26-17)24(30-31-25)18-9-5-7-13-27-18/h4-14H,3,15H2,1-2H3,(H,28,33). The number of hydrogen-bond acceptors (Lipinski definition) is 9. The largest absolute Gasteiger partial charge is 0.495 e. The molecule has 0 atom stereocenters. The molecule has 1 amide bonds. The van der Waals surface area contributed by atoms with Crippen molar-refractivity contribution in [2.75, 3.05) is 18.2 Å². The summed E-state index contributed by atoms with van der Waals surface area (Å²) in [4.78, 5) is 38.1. The van der Waals surface area contributed by atoms with E-state index in [0.717, 1.165) is 0 Å². The molecule has 0 aliphatic carbocycles. The van der Waals surface area contributed by atoms with Gasteiger partial charge in [0.1, 0.15) is 17.1 Å². The van der Waals surface area contributed by atoms with E-state index in [4.69, 9.17) is 4.74 Å². The Kier molecular flexibility index (Phi) is 7.74. The molecule has 1 aromatic carbocycles. The SMILES string of the molecule is CCC(=O)Nc1cc(C(=O)CSc2nnc(-c3ccccn3)c(-c3ccccn3)n2)ccc1OC. The quantitative estimate of drug-likeness (QED) is 0.272. The number of thioether (sulfide) groups is 1. The van der Waals surface area contributed by atoms with Gasteiger partial charge in [0.2, 0.25) is 11.1 Å². The second-order valence-electron chi connectivity index (χ2n) is 7.25. The van der Waals surface area contributed by atoms with E-state index in [1.165, 1.54) is 18.9 Å². The van der Waals surface area contributed by atoms with Crippen molar-refractivity contribution in [1.82, 2.24) is 25.1 Å². The predicted molar refractivity (Wildman–Crippen MR) is 133 cm³/mol. The second-order valence-corrected chi connectivity index (χ2v) is 8.19. The maximum Gasteiger partial charge on any atom is 0.224 e. The van der Waals surface area contributed by atoms with Gasteiger partial charge in [-0.2, -0.15) is 0 Å². The van der Waals surface area contributed by atoms with Crippen LogP contribution in [0.3, 0.4) is 0 Å². The molecule has 0 radical (unpaired) electrons. The molecule has 4 aromatic rings. The van der Waals surface area contributed by atoms with Gasteiger partial charge in [-0.25, -0.2) is 4.98 Å². The van der Waals surface area contributed by atoms with E-state index in [2.05, 4.69) is 30.5 Å². The number of ether oxygens (including phenoxy) is 1. The summed E-state index contributed by atoms with van der Waals surface area (Å²) in [5.74, 6) is 0.242. The fourth-order valence-electron chi connectivity index (χ4n) is 3.16. The molecule has 0 spiro atoms. The number of nitrogens with one attached hydrogen (secondary N) is 1. The third kappa shape index (κ3) is 5.85. The Morgan fingerprint density at radius 3 is 2.29 bits per heavy atom. The summed E-state index contributed by atoms with van der Waals surface area (Å²) in [5, 5.41) is 11.6. The number of Topliss-reactive ketones (excluding diaryl/α,β-unsaturated/α-hetero) is 1. The number of ketones is 1. The molecule has 0 bridgehead atoms. The van der Waals surface area contributed by atoms with Crippen LogP contribution in [-0.4, -0.2) is 49.7 Å². The second kappa shape index (κ2) is 11.3. The maximum absolute atomic E-state index is 12.9. The van der Waals surface area contributed by atoms with E-state index in [9.17, 15) is 9.59 Å². The van der Waals surface area contributed by atoms with Gasteiger partial charge >= 0.3 is 0 Å². The van der Waals surface area contributed by atoms with Crippen LogP contribution in [0.5, 0.6) is 5.75 Å². The van der Waals surface area contributed by atoms with Crippen molar-refractivity contribution in [3.05, 3.63) is 72.6 Å². The fraction of sp³-hybridized carbons (Fsp3) is 0.160. The monoisotopic (exact) mass is 486 g/mol. The van der Waals surface area contributed by atoms with E-state index in [1.807, 2.05) is 36.4 Å². The van der Waals surface area contributed by atoms with Crippen molar-refractivity contribution < 1.29 is 14.3 Å². The molecule has 0 unspecified atom stereocenters. The van der Waals surface area contributed by atoms with Crippen LogP contribution >= 0.6 is 11.8 Å². The molecule has 4 rings (SSSR count). The topological polar surface area (TPSA) is 120 Å². The number of nitrogens with zero attached hydrogens (tertiary/aromatic N) is 5. The number of carbonyl (C=O) groups is 2. The number of rotatable bonds is 9. The van der Waals surface area contributed by atoms with Crippen molar-refractivity contribution >= 4 is 29.1 Å². The minimum absolute atomic E-state index is 0.0831. The first kappa shape index (κ1) is 24.0. The molecule has 176 valence electrons. The Morgan fingerprint density at radius 1 is 0.943 bits per heavy atom. The smallest absolute Gasteiger partial charge is 0.224 e. The lowest BCUT2D eigenvalue weighted by atomic mass is 10.1. The number of hydrogen-bond donors (Lipinski definition) is 1. The van der Waals surface area contributed by atoms with Crippen LogP contribution in [0.1, 0.15) is 23.7 Å². The highest BCUT2D eigenvalue weighted by atomic mass is 32.2. The summed E-state index contributed by atoms with van der Waals surface area (Å²) in [5.41, 5.74) is 3.18. The highest BCUT2D eigenvalue weighted by Crippen LogP contribution is 2.29. The molecule has 0 aliphatic rings. The van der Waals surface area contributed by atoms with E-state index >= 15 is 0 Å². The molecule has 3 aromatic heterocycles. The van der Waals surface area contributed by atoms with Gasteiger partial charge in [0, 0.05) is 24.4 Å². The third-order valence-electron chi connectivity index (χ3n) is 4.93. The minimum atomic E-state index is -0.170. The van der Waals surface area contributed by atoms with Crippen LogP contribution in [0.4, 0.5) is 5.69 Å². The van der Waals surface area contributed by atoms with Crippen molar-refractivity contribution in [2.45, 2.75) is 18.5 Å². The molecule has 0 aliphatic heterocycles. The molecule has 35 heavy (non-hydrogen) atoms. The first-order chi connectivity index (χ1) is 17.1. The number of aromatic nitrogens is 5. The Balaban J connectivity index is 1.57. The average molecular weight is 487 g/mol. The lowest BCUT2D eigenvalue weighted by Gasteiger charge is -2.11. The number of methoxy groups -OCH3 is 1. The first-order valence-corrected chi connectivity index (χ1v) is 11.8. The van der Waals surface area contributed by atoms with E-state index in [-0.39, 0.29) is 17.4 Å². The van der Waals surface area contributed by atoms with Crippen molar-refractivity contribution in [1.29, 1.82) is 0 Å². The Hall–Kier alpha value is -4.18. The molecule has 0 saturated carbocycles. The number of carbonyl (C=O) groups excluding carboxylic acids is 2. The Bertz CT molecular complexity index is 1340. The van der Waals surface area contributed by atoms with Gasteiger partial charge in [-0.1, -0.05) is 30.8 Å². The van der Waals surface area contributed by atoms with E-state index in [1.54, 1.807) is 37.5 Å². The van der Waals surface area contributed by atoms with Crippen LogP contribution in [0.25, 0.3) is 22.8 Å². The molecule has 0 fully saturated rings. The summed E-state index contributed by atoms with van der Waals surface area (Å²) < 4.78 is 5.29. The van der Waals surface area contributed by atoms with Crippen molar-refractivity contribution in [3.63, 3.8) is 0 Å². The number of pyridine rings is 2. The zero-order chi connectivity index (χ0) is 24.6. The van der Waals surface area contributed by atoms with Crippen LogP contribution in [0.15, 0.2) is 72.1 Å². The van der Waals surface area contributed by atoms with Crippen LogP contribution in [0.2, 0.25) is 0 Å². The number of benzene rings is 1. The van der Waals surface area contributed by atoms with Crippen molar-refractivity contribution in [2.24, 2.45) is 0 Å². The highest BCUT2D eigenvalue weighted by molar-refractivity contribution is 7.99. The lowest BCUT2D eigenvalue weighted by molar-refractivity contribution is -0.115. The molecular weight excluding hydrogens is 464 g/mol. The van der Waals surface area contributed by atoms with E-state index < -0.39 is 0 Å². The summed E-state index contributed by atoms with van der Waals surface area (Å²) >= 11 is 1.17. The summed E-state index contributed by atoms with van der Waals surface area (Å²) in [6.45, 7) is 1.75.